The minimum atomic E-state index is -3.86. The first-order valence-electron chi connectivity index (χ1n) is 8.13. The van der Waals surface area contributed by atoms with E-state index in [1.165, 1.54) is 24.3 Å². The number of benzene rings is 1. The fourth-order valence-corrected chi connectivity index (χ4v) is 3.27. The molecule has 0 aliphatic carbocycles. The van der Waals surface area contributed by atoms with E-state index in [0.717, 1.165) is 25.0 Å². The molecule has 0 bridgehead atoms. The van der Waals surface area contributed by atoms with Gasteiger partial charge in [-0.05, 0) is 43.2 Å². The molecular formula is C18H22N4O3S. The van der Waals surface area contributed by atoms with E-state index in [0.29, 0.717) is 5.69 Å². The number of hydrogen-bond donors (Lipinski definition) is 2. The number of nitrogens with one attached hydrogen (secondary N) is 1. The maximum Gasteiger partial charge on any atom is 0.262 e. The third-order valence-electron chi connectivity index (χ3n) is 3.58. The van der Waals surface area contributed by atoms with Crippen LogP contribution in [0.2, 0.25) is 0 Å². The first-order valence-corrected chi connectivity index (χ1v) is 9.61. The first kappa shape index (κ1) is 19.5. The highest BCUT2D eigenvalue weighted by Gasteiger charge is 2.16. The summed E-state index contributed by atoms with van der Waals surface area (Å²) in [5.41, 5.74) is 1.56. The van der Waals surface area contributed by atoms with E-state index in [-0.39, 0.29) is 10.6 Å². The third-order valence-corrected chi connectivity index (χ3v) is 4.96. The number of aliphatic hydroxyl groups is 1. The van der Waals surface area contributed by atoms with Crippen molar-refractivity contribution in [1.82, 2.24) is 19.7 Å². The molecule has 0 spiro atoms. The zero-order valence-electron chi connectivity index (χ0n) is 14.6. The molecule has 1 heterocycles. The predicted octanol–water partition coefficient (Wildman–Crippen LogP) is 3.03. The van der Waals surface area contributed by atoms with Crippen molar-refractivity contribution < 1.29 is 13.5 Å². The summed E-state index contributed by atoms with van der Waals surface area (Å²) >= 11 is 0. The van der Waals surface area contributed by atoms with Crippen LogP contribution in [0, 0.1) is 0 Å². The number of aryl methyl sites for hydroxylation is 1. The maximum atomic E-state index is 12.4. The van der Waals surface area contributed by atoms with E-state index in [1.807, 2.05) is 6.20 Å². The van der Waals surface area contributed by atoms with Crippen LogP contribution in [-0.4, -0.2) is 28.5 Å². The molecule has 0 saturated heterocycles. The van der Waals surface area contributed by atoms with Crippen molar-refractivity contribution in [1.29, 1.82) is 0 Å². The molecule has 26 heavy (non-hydrogen) atoms. The lowest BCUT2D eigenvalue weighted by atomic mass is 10.2. The Balaban J connectivity index is 2.20. The number of aromatic nitrogens is 3. The second-order valence-corrected chi connectivity index (χ2v) is 7.30. The highest BCUT2D eigenvalue weighted by atomic mass is 32.2. The van der Waals surface area contributed by atoms with Crippen LogP contribution in [-0.2, 0) is 16.4 Å². The second kappa shape index (κ2) is 8.48. The molecule has 2 rings (SSSR count). The Bertz CT molecular complexity index is 912. The minimum Gasteiger partial charge on any atom is -0.506 e. The minimum absolute atomic E-state index is 0.0408. The van der Waals surface area contributed by atoms with Crippen LogP contribution < -0.4 is 4.72 Å². The van der Waals surface area contributed by atoms with E-state index in [1.54, 1.807) is 16.8 Å². The number of unbranched alkanes of at least 4 members (excludes halogenated alkanes) is 1. The van der Waals surface area contributed by atoms with E-state index in [4.69, 9.17) is 0 Å². The summed E-state index contributed by atoms with van der Waals surface area (Å²) in [6.45, 7) is 8.91. The van der Waals surface area contributed by atoms with Crippen LogP contribution in [0.15, 0.2) is 72.1 Å². The maximum absolute atomic E-state index is 12.4. The number of rotatable bonds is 9. The fraction of sp³-hybridized carbons (Fsp3) is 0.222. The molecule has 0 saturated carbocycles. The second-order valence-electron chi connectivity index (χ2n) is 5.62. The third kappa shape index (κ3) is 4.82. The Hall–Kier alpha value is -2.87. The number of nitrogens with zero attached hydrogens (tertiary/aromatic N) is 3. The molecule has 0 unspecified atom stereocenters. The molecule has 0 aliphatic heterocycles. The molecule has 2 N–H and O–H groups in total. The van der Waals surface area contributed by atoms with Crippen molar-refractivity contribution >= 4 is 10.0 Å². The Morgan fingerprint density at radius 3 is 2.62 bits per heavy atom. The average Bonchev–Trinajstić information content (AvgIpc) is 3.08. The number of hydrogen-bond acceptors (Lipinski definition) is 5. The standard InChI is InChI=1S/C18H22N4O3S/c1-4-6-8-15-13-22(21-19-15)16-9-11-17(12-10-16)26(24,25)20-18(7-5-2)14(3)23/h5,7,9-13,20,23H,2-4,6,8H2,1H3/b18-7+. The summed E-state index contributed by atoms with van der Waals surface area (Å²) in [5.74, 6) is -0.396. The zero-order valence-corrected chi connectivity index (χ0v) is 15.4. The Kier molecular flexibility index (Phi) is 6.35. The van der Waals surface area contributed by atoms with Crippen LogP contribution in [0.5, 0.6) is 0 Å². The Morgan fingerprint density at radius 2 is 2.04 bits per heavy atom. The lowest BCUT2D eigenvalue weighted by Gasteiger charge is -2.11. The van der Waals surface area contributed by atoms with Gasteiger partial charge >= 0.3 is 0 Å². The predicted molar refractivity (Wildman–Crippen MR) is 100 cm³/mol. The summed E-state index contributed by atoms with van der Waals surface area (Å²) in [7, 11) is -3.86. The van der Waals surface area contributed by atoms with Crippen molar-refractivity contribution in [3.8, 4) is 5.69 Å². The van der Waals surface area contributed by atoms with Crippen molar-refractivity contribution in [3.05, 3.63) is 72.9 Å². The smallest absolute Gasteiger partial charge is 0.262 e. The molecule has 8 heteroatoms. The van der Waals surface area contributed by atoms with Gasteiger partial charge in [-0.15, -0.1) is 5.10 Å². The molecule has 2 aromatic rings. The molecule has 1 aromatic heterocycles. The van der Waals surface area contributed by atoms with Gasteiger partial charge in [0.25, 0.3) is 10.0 Å². The van der Waals surface area contributed by atoms with Crippen molar-refractivity contribution in [2.45, 2.75) is 31.1 Å². The van der Waals surface area contributed by atoms with Gasteiger partial charge in [0.1, 0.15) is 5.76 Å². The topological polar surface area (TPSA) is 97.1 Å². The molecular weight excluding hydrogens is 352 g/mol. The number of aliphatic hydroxyl groups excluding tert-OH is 1. The number of sulfonamides is 1. The van der Waals surface area contributed by atoms with Crippen molar-refractivity contribution in [2.24, 2.45) is 0 Å². The van der Waals surface area contributed by atoms with Gasteiger partial charge in [0.05, 0.1) is 28.2 Å². The first-order chi connectivity index (χ1) is 12.4. The van der Waals surface area contributed by atoms with Crippen LogP contribution >= 0.6 is 0 Å². The fourth-order valence-electron chi connectivity index (χ4n) is 2.19. The van der Waals surface area contributed by atoms with Crippen LogP contribution in [0.4, 0.5) is 0 Å². The van der Waals surface area contributed by atoms with Gasteiger partial charge in [0.2, 0.25) is 0 Å². The quantitative estimate of drug-likeness (QED) is 0.519. The molecule has 0 atom stereocenters. The summed E-state index contributed by atoms with van der Waals surface area (Å²) in [6, 6.07) is 6.18. The summed E-state index contributed by atoms with van der Waals surface area (Å²) in [4.78, 5) is 0.0452. The normalized spacial score (nSPS) is 12.0. The zero-order chi connectivity index (χ0) is 19.2. The van der Waals surface area contributed by atoms with E-state index in [9.17, 15) is 13.5 Å². The largest absolute Gasteiger partial charge is 0.506 e. The van der Waals surface area contributed by atoms with E-state index >= 15 is 0 Å². The molecule has 0 radical (unpaired) electrons. The highest BCUT2D eigenvalue weighted by molar-refractivity contribution is 7.89. The Labute approximate surface area is 153 Å². The van der Waals surface area contributed by atoms with Gasteiger partial charge in [-0.3, -0.25) is 4.72 Å². The lowest BCUT2D eigenvalue weighted by Crippen LogP contribution is -2.24. The molecule has 0 aliphatic rings. The van der Waals surface area contributed by atoms with Gasteiger partial charge in [-0.1, -0.05) is 37.8 Å². The summed E-state index contributed by atoms with van der Waals surface area (Å²) in [6.07, 6.45) is 7.48. The Morgan fingerprint density at radius 1 is 1.35 bits per heavy atom. The van der Waals surface area contributed by atoms with E-state index in [2.05, 4.69) is 35.1 Å². The summed E-state index contributed by atoms with van der Waals surface area (Å²) < 4.78 is 28.7. The number of allylic oxidation sites excluding steroid dienone is 2. The average molecular weight is 374 g/mol. The van der Waals surface area contributed by atoms with E-state index < -0.39 is 15.8 Å². The summed E-state index contributed by atoms with van der Waals surface area (Å²) in [5, 5.41) is 17.6. The lowest BCUT2D eigenvalue weighted by molar-refractivity contribution is 0.421. The van der Waals surface area contributed by atoms with Crippen LogP contribution in [0.1, 0.15) is 25.5 Å². The highest BCUT2D eigenvalue weighted by Crippen LogP contribution is 2.16. The molecule has 0 fully saturated rings. The molecule has 1 aromatic carbocycles. The van der Waals surface area contributed by atoms with Gasteiger partial charge in [-0.25, -0.2) is 13.1 Å². The SMILES string of the molecule is C=C/C=C(/NS(=O)(=O)c1ccc(-n2cc(CCCC)nn2)cc1)C(=C)O. The monoisotopic (exact) mass is 374 g/mol. The molecule has 7 nitrogen and oxygen atoms in total. The van der Waals surface area contributed by atoms with Crippen LogP contribution in [0.3, 0.4) is 0 Å². The van der Waals surface area contributed by atoms with Crippen molar-refractivity contribution in [3.63, 3.8) is 0 Å². The van der Waals surface area contributed by atoms with Gasteiger partial charge in [-0.2, -0.15) is 0 Å². The van der Waals surface area contributed by atoms with Gasteiger partial charge < -0.3 is 5.11 Å². The molecule has 0 amide bonds. The van der Waals surface area contributed by atoms with Crippen LogP contribution in [0.25, 0.3) is 5.69 Å². The van der Waals surface area contributed by atoms with Crippen molar-refractivity contribution in [2.75, 3.05) is 0 Å². The van der Waals surface area contributed by atoms with Gasteiger partial charge in [0, 0.05) is 0 Å². The molecule has 138 valence electrons. The van der Waals surface area contributed by atoms with Gasteiger partial charge in [0.15, 0.2) is 0 Å².